The Morgan fingerprint density at radius 2 is 1.61 bits per heavy atom. The average Bonchev–Trinajstić information content (AvgIpc) is 2.59. The summed E-state index contributed by atoms with van der Waals surface area (Å²) < 4.78 is 0. The number of anilines is 1. The maximum Gasteiger partial charge on any atom is 0.224 e. The first kappa shape index (κ1) is 22.2. The molecule has 0 spiro atoms. The molecule has 0 bridgehead atoms. The molecule has 150 valence electrons. The van der Waals surface area contributed by atoms with Gasteiger partial charge in [-0.3, -0.25) is 9.59 Å². The van der Waals surface area contributed by atoms with Crippen LogP contribution >= 0.6 is 11.8 Å². The van der Waals surface area contributed by atoms with Crippen LogP contribution in [0.2, 0.25) is 0 Å². The van der Waals surface area contributed by atoms with Crippen molar-refractivity contribution in [3.63, 3.8) is 0 Å². The lowest BCUT2D eigenvalue weighted by Gasteiger charge is -2.15. The number of ketones is 1. The lowest BCUT2D eigenvalue weighted by Crippen LogP contribution is -2.13. The maximum absolute atomic E-state index is 12.3. The number of Topliss-reactive ketones (excluding diaryl/α,β-unsaturated/α-hetero) is 1. The third kappa shape index (κ3) is 5.48. The van der Waals surface area contributed by atoms with Crippen molar-refractivity contribution >= 4 is 29.1 Å². The van der Waals surface area contributed by atoms with Crippen molar-refractivity contribution in [2.45, 2.75) is 60.1 Å². The van der Waals surface area contributed by atoms with Crippen LogP contribution in [0.3, 0.4) is 0 Å². The van der Waals surface area contributed by atoms with E-state index in [1.807, 2.05) is 57.7 Å². The molecule has 0 atom stereocenters. The minimum absolute atomic E-state index is 0.0690. The van der Waals surface area contributed by atoms with Crippen LogP contribution in [0.25, 0.3) is 0 Å². The minimum atomic E-state index is 0.0690. The van der Waals surface area contributed by atoms with Crippen molar-refractivity contribution in [2.24, 2.45) is 0 Å². The number of carbonyl (C=O) groups is 2. The van der Waals surface area contributed by atoms with Crippen LogP contribution in [0.5, 0.6) is 0 Å². The van der Waals surface area contributed by atoms with Gasteiger partial charge in [-0.15, -0.1) is 0 Å². The Hall–Kier alpha value is -2.07. The fourth-order valence-electron chi connectivity index (χ4n) is 3.71. The molecule has 0 aromatic heterocycles. The first-order valence-electron chi connectivity index (χ1n) is 9.76. The van der Waals surface area contributed by atoms with Crippen molar-refractivity contribution in [3.05, 3.63) is 63.2 Å². The molecule has 0 heterocycles. The molecule has 2 aromatic rings. The highest BCUT2D eigenvalue weighted by Crippen LogP contribution is 2.27. The number of rotatable bonds is 8. The van der Waals surface area contributed by atoms with Gasteiger partial charge in [0, 0.05) is 23.4 Å². The van der Waals surface area contributed by atoms with E-state index < -0.39 is 0 Å². The number of carbonyl (C=O) groups excluding carboxylic acids is 2. The highest BCUT2D eigenvalue weighted by molar-refractivity contribution is 7.98. The van der Waals surface area contributed by atoms with Crippen molar-refractivity contribution in [1.29, 1.82) is 0 Å². The molecule has 0 aliphatic rings. The molecule has 3 nitrogen and oxygen atoms in total. The third-order valence-electron chi connectivity index (χ3n) is 5.17. The molecular formula is C24H31NO2S. The maximum atomic E-state index is 12.3. The second-order valence-electron chi connectivity index (χ2n) is 7.52. The predicted molar refractivity (Wildman–Crippen MR) is 121 cm³/mol. The fourth-order valence-corrected chi connectivity index (χ4v) is 4.85. The lowest BCUT2D eigenvalue weighted by atomic mass is 9.92. The number of aryl methyl sites for hydroxylation is 4. The number of thioether (sulfide) groups is 1. The second-order valence-corrected chi connectivity index (χ2v) is 8.62. The van der Waals surface area contributed by atoms with E-state index in [-0.39, 0.29) is 11.7 Å². The quantitative estimate of drug-likeness (QED) is 0.433. The summed E-state index contributed by atoms with van der Waals surface area (Å²) in [5.41, 5.74) is 8.62. The number of nitrogens with one attached hydrogen (secondary N) is 1. The van der Waals surface area contributed by atoms with Crippen LogP contribution in [-0.4, -0.2) is 17.4 Å². The molecule has 0 fully saturated rings. The van der Waals surface area contributed by atoms with Crippen molar-refractivity contribution in [1.82, 2.24) is 0 Å². The Labute approximate surface area is 173 Å². The highest BCUT2D eigenvalue weighted by Gasteiger charge is 2.14. The van der Waals surface area contributed by atoms with Crippen molar-refractivity contribution < 1.29 is 9.59 Å². The monoisotopic (exact) mass is 397 g/mol. The molecule has 2 aromatic carbocycles. The summed E-state index contributed by atoms with van der Waals surface area (Å²) in [5, 5.41) is 3.05. The number of para-hydroxylation sites is 1. The van der Waals surface area contributed by atoms with E-state index in [0.29, 0.717) is 6.42 Å². The van der Waals surface area contributed by atoms with Gasteiger partial charge in [-0.2, -0.15) is 11.8 Å². The van der Waals surface area contributed by atoms with E-state index in [1.54, 1.807) is 6.92 Å². The van der Waals surface area contributed by atoms with Crippen LogP contribution in [0.1, 0.15) is 63.5 Å². The standard InChI is InChI=1S/C24H31NO2S/c1-15-9-7-10-16(2)24(15)25-22(27)11-8-12-28-14-21-17(3)13-18(4)23(19(21)5)20(6)26/h7,9-10,13H,8,11-12,14H2,1-6H3,(H,25,27). The smallest absolute Gasteiger partial charge is 0.224 e. The van der Waals surface area contributed by atoms with Gasteiger partial charge in [0.1, 0.15) is 0 Å². The van der Waals surface area contributed by atoms with Gasteiger partial charge in [0.25, 0.3) is 0 Å². The van der Waals surface area contributed by atoms with Gasteiger partial charge in [0.15, 0.2) is 5.78 Å². The van der Waals surface area contributed by atoms with E-state index in [9.17, 15) is 9.59 Å². The molecule has 28 heavy (non-hydrogen) atoms. The number of hydrogen-bond acceptors (Lipinski definition) is 3. The summed E-state index contributed by atoms with van der Waals surface area (Å²) in [6, 6.07) is 8.14. The zero-order chi connectivity index (χ0) is 20.8. The molecule has 0 radical (unpaired) electrons. The van der Waals surface area contributed by atoms with Gasteiger partial charge in [0.2, 0.25) is 5.91 Å². The van der Waals surface area contributed by atoms with Gasteiger partial charge in [-0.25, -0.2) is 0 Å². The first-order valence-corrected chi connectivity index (χ1v) is 10.9. The summed E-state index contributed by atoms with van der Waals surface area (Å²) in [7, 11) is 0. The lowest BCUT2D eigenvalue weighted by molar-refractivity contribution is -0.116. The molecule has 1 N–H and O–H groups in total. The van der Waals surface area contributed by atoms with E-state index in [1.165, 1.54) is 11.1 Å². The normalized spacial score (nSPS) is 10.8. The highest BCUT2D eigenvalue weighted by atomic mass is 32.2. The fraction of sp³-hybridized carbons (Fsp3) is 0.417. The zero-order valence-electron chi connectivity index (χ0n) is 17.9. The molecule has 0 unspecified atom stereocenters. The Balaban J connectivity index is 1.86. The Morgan fingerprint density at radius 3 is 2.21 bits per heavy atom. The summed E-state index contributed by atoms with van der Waals surface area (Å²) in [5.74, 6) is 1.99. The molecule has 1 amide bonds. The van der Waals surface area contributed by atoms with Gasteiger partial charge in [0.05, 0.1) is 0 Å². The zero-order valence-corrected chi connectivity index (χ0v) is 18.7. The molecule has 0 saturated heterocycles. The van der Waals surface area contributed by atoms with Gasteiger partial charge >= 0.3 is 0 Å². The topological polar surface area (TPSA) is 46.2 Å². The molecule has 0 aliphatic heterocycles. The molecular weight excluding hydrogens is 366 g/mol. The Bertz CT molecular complexity index is 866. The minimum Gasteiger partial charge on any atom is -0.326 e. The van der Waals surface area contributed by atoms with Crippen LogP contribution in [0, 0.1) is 34.6 Å². The number of hydrogen-bond donors (Lipinski definition) is 1. The molecule has 2 rings (SSSR count). The Kier molecular flexibility index (Phi) is 7.88. The van der Waals surface area contributed by atoms with Gasteiger partial charge in [-0.05, 0) is 87.1 Å². The van der Waals surface area contributed by atoms with E-state index >= 15 is 0 Å². The summed E-state index contributed by atoms with van der Waals surface area (Å²) in [4.78, 5) is 24.2. The summed E-state index contributed by atoms with van der Waals surface area (Å²) >= 11 is 1.82. The van der Waals surface area contributed by atoms with E-state index in [4.69, 9.17) is 0 Å². The van der Waals surface area contributed by atoms with Crippen molar-refractivity contribution in [3.8, 4) is 0 Å². The summed E-state index contributed by atoms with van der Waals surface area (Å²) in [6.07, 6.45) is 1.36. The van der Waals surface area contributed by atoms with E-state index in [0.717, 1.165) is 51.4 Å². The van der Waals surface area contributed by atoms with Crippen LogP contribution in [0.15, 0.2) is 24.3 Å². The third-order valence-corrected chi connectivity index (χ3v) is 6.24. The summed E-state index contributed by atoms with van der Waals surface area (Å²) in [6.45, 7) is 11.8. The predicted octanol–water partition coefficient (Wildman–Crippen LogP) is 6.08. The largest absolute Gasteiger partial charge is 0.326 e. The SMILES string of the molecule is CC(=O)c1c(C)cc(C)c(CSCCCC(=O)Nc2c(C)cccc2C)c1C. The van der Waals surface area contributed by atoms with E-state index in [2.05, 4.69) is 18.3 Å². The van der Waals surface area contributed by atoms with Crippen LogP contribution in [0.4, 0.5) is 5.69 Å². The molecule has 4 heteroatoms. The molecule has 0 aliphatic carbocycles. The van der Waals surface area contributed by atoms with Crippen molar-refractivity contribution in [2.75, 3.05) is 11.1 Å². The number of amides is 1. The molecule has 0 saturated carbocycles. The van der Waals surface area contributed by atoms with Gasteiger partial charge < -0.3 is 5.32 Å². The van der Waals surface area contributed by atoms with Crippen LogP contribution < -0.4 is 5.32 Å². The average molecular weight is 398 g/mol. The van der Waals surface area contributed by atoms with Gasteiger partial charge in [-0.1, -0.05) is 24.3 Å². The van der Waals surface area contributed by atoms with Crippen LogP contribution in [-0.2, 0) is 10.5 Å². The first-order chi connectivity index (χ1) is 13.2. The number of benzene rings is 2. The Morgan fingerprint density at radius 1 is 0.964 bits per heavy atom. The second kappa shape index (κ2) is 9.92.